The number of alkyl halides is 2. The number of nitrogens with one attached hydrogen (secondary N) is 1. The second-order valence-electron chi connectivity index (χ2n) is 4.62. The monoisotopic (exact) mass is 353 g/mol. The molecule has 1 amide bonds. The van der Waals surface area contributed by atoms with E-state index in [2.05, 4.69) is 10.1 Å². The molecule has 7 heteroatoms. The minimum absolute atomic E-state index is 0.0630. The van der Waals surface area contributed by atoms with Crippen molar-refractivity contribution >= 4 is 23.4 Å². The lowest BCUT2D eigenvalue weighted by Gasteiger charge is -2.11. The molecule has 2 rings (SSSR count). The molecule has 2 aromatic carbocycles. The molecule has 0 aromatic heterocycles. The number of carbonyl (C=O) groups excluding carboxylic acids is 1. The van der Waals surface area contributed by atoms with Gasteiger partial charge in [0.1, 0.15) is 11.5 Å². The molecular formula is C17H17F2NO3S. The molecular weight excluding hydrogens is 336 g/mol. The fraction of sp³-hybridized carbons (Fsp3) is 0.235. The number of thioether (sulfide) groups is 1. The van der Waals surface area contributed by atoms with Crippen molar-refractivity contribution in [1.82, 2.24) is 0 Å². The van der Waals surface area contributed by atoms with Gasteiger partial charge in [-0.2, -0.15) is 8.78 Å². The van der Waals surface area contributed by atoms with Gasteiger partial charge >= 0.3 is 6.61 Å². The minimum Gasteiger partial charge on any atom is -0.494 e. The molecule has 0 aliphatic carbocycles. The van der Waals surface area contributed by atoms with Gasteiger partial charge in [0.15, 0.2) is 0 Å². The van der Waals surface area contributed by atoms with Gasteiger partial charge in [-0.05, 0) is 43.3 Å². The molecule has 0 spiro atoms. The summed E-state index contributed by atoms with van der Waals surface area (Å²) in [5, 5.41) is 2.58. The van der Waals surface area contributed by atoms with Crippen LogP contribution in [0.2, 0.25) is 0 Å². The molecule has 0 saturated heterocycles. The maximum atomic E-state index is 12.3. The van der Waals surface area contributed by atoms with Crippen LogP contribution in [0.5, 0.6) is 11.5 Å². The Kier molecular flexibility index (Phi) is 6.87. The van der Waals surface area contributed by atoms with E-state index >= 15 is 0 Å². The van der Waals surface area contributed by atoms with Gasteiger partial charge < -0.3 is 14.8 Å². The van der Waals surface area contributed by atoms with Gasteiger partial charge in [0.25, 0.3) is 0 Å². The predicted octanol–water partition coefficient (Wildman–Crippen LogP) is 4.42. The van der Waals surface area contributed by atoms with E-state index in [-0.39, 0.29) is 23.1 Å². The third-order valence-corrected chi connectivity index (χ3v) is 3.89. The zero-order valence-corrected chi connectivity index (χ0v) is 13.8. The lowest BCUT2D eigenvalue weighted by Crippen LogP contribution is -2.15. The third kappa shape index (κ3) is 5.73. The summed E-state index contributed by atoms with van der Waals surface area (Å²) < 4.78 is 34.4. The fourth-order valence-electron chi connectivity index (χ4n) is 1.90. The second-order valence-corrected chi connectivity index (χ2v) is 5.66. The van der Waals surface area contributed by atoms with E-state index in [0.29, 0.717) is 6.61 Å². The molecule has 0 atom stereocenters. The molecule has 0 fully saturated rings. The molecule has 2 aromatic rings. The van der Waals surface area contributed by atoms with Crippen molar-refractivity contribution in [3.63, 3.8) is 0 Å². The fourth-order valence-corrected chi connectivity index (χ4v) is 2.60. The SMILES string of the molecule is CCOc1ccc(SCC(=O)Nc2ccccc2OC(F)F)cc1. The molecule has 0 bridgehead atoms. The summed E-state index contributed by atoms with van der Waals surface area (Å²) >= 11 is 1.34. The van der Waals surface area contributed by atoms with Crippen LogP contribution >= 0.6 is 11.8 Å². The van der Waals surface area contributed by atoms with E-state index in [1.165, 1.54) is 23.9 Å². The van der Waals surface area contributed by atoms with Gasteiger partial charge in [-0.3, -0.25) is 4.79 Å². The molecule has 0 radical (unpaired) electrons. The number of hydrogen-bond donors (Lipinski definition) is 1. The van der Waals surface area contributed by atoms with E-state index in [9.17, 15) is 13.6 Å². The molecule has 1 N–H and O–H groups in total. The average molecular weight is 353 g/mol. The molecule has 4 nitrogen and oxygen atoms in total. The van der Waals surface area contributed by atoms with Crippen LogP contribution in [0.25, 0.3) is 0 Å². The molecule has 128 valence electrons. The molecule has 0 saturated carbocycles. The number of anilines is 1. The molecule has 0 unspecified atom stereocenters. The molecule has 0 heterocycles. The Morgan fingerprint density at radius 3 is 2.54 bits per heavy atom. The first-order valence-electron chi connectivity index (χ1n) is 7.28. The van der Waals surface area contributed by atoms with Crippen LogP contribution in [0.1, 0.15) is 6.92 Å². The summed E-state index contributed by atoms with van der Waals surface area (Å²) in [6, 6.07) is 13.5. The average Bonchev–Trinajstić information content (AvgIpc) is 2.56. The van der Waals surface area contributed by atoms with Crippen LogP contribution in [0.3, 0.4) is 0 Å². The second kappa shape index (κ2) is 9.12. The van der Waals surface area contributed by atoms with Crippen LogP contribution in [-0.2, 0) is 4.79 Å². The number of para-hydroxylation sites is 2. The summed E-state index contributed by atoms with van der Waals surface area (Å²) in [7, 11) is 0. The van der Waals surface area contributed by atoms with E-state index in [4.69, 9.17) is 4.74 Å². The van der Waals surface area contributed by atoms with Crippen molar-refractivity contribution in [2.45, 2.75) is 18.4 Å². The van der Waals surface area contributed by atoms with Gasteiger partial charge in [-0.15, -0.1) is 11.8 Å². The number of halogens is 2. The van der Waals surface area contributed by atoms with Crippen LogP contribution in [0.4, 0.5) is 14.5 Å². The maximum Gasteiger partial charge on any atom is 0.387 e. The highest BCUT2D eigenvalue weighted by molar-refractivity contribution is 8.00. The minimum atomic E-state index is -2.94. The summed E-state index contributed by atoms with van der Waals surface area (Å²) in [6.45, 7) is -0.446. The van der Waals surface area contributed by atoms with Crippen molar-refractivity contribution in [2.24, 2.45) is 0 Å². The summed E-state index contributed by atoms with van der Waals surface area (Å²) in [5.74, 6) is 0.548. The van der Waals surface area contributed by atoms with Crippen LogP contribution in [0, 0.1) is 0 Å². The zero-order chi connectivity index (χ0) is 17.4. The van der Waals surface area contributed by atoms with E-state index in [1.807, 2.05) is 31.2 Å². The van der Waals surface area contributed by atoms with E-state index in [0.717, 1.165) is 10.6 Å². The number of carbonyl (C=O) groups is 1. The molecule has 24 heavy (non-hydrogen) atoms. The van der Waals surface area contributed by atoms with Crippen LogP contribution < -0.4 is 14.8 Å². The number of amides is 1. The Balaban J connectivity index is 1.89. The number of ether oxygens (including phenoxy) is 2. The van der Waals surface area contributed by atoms with Crippen molar-refractivity contribution < 1.29 is 23.0 Å². The molecule has 0 aliphatic rings. The zero-order valence-electron chi connectivity index (χ0n) is 13.0. The van der Waals surface area contributed by atoms with Gasteiger partial charge in [-0.1, -0.05) is 12.1 Å². The lowest BCUT2D eigenvalue weighted by atomic mass is 10.3. The smallest absolute Gasteiger partial charge is 0.387 e. The summed E-state index contributed by atoms with van der Waals surface area (Å²) in [6.07, 6.45) is 0. The Labute approximate surface area is 143 Å². The first-order chi connectivity index (χ1) is 11.6. The van der Waals surface area contributed by atoms with Crippen molar-refractivity contribution in [3.05, 3.63) is 48.5 Å². The van der Waals surface area contributed by atoms with Gasteiger partial charge in [0, 0.05) is 4.90 Å². The summed E-state index contributed by atoms with van der Waals surface area (Å²) in [5.41, 5.74) is 0.218. The standard InChI is InChI=1S/C17H17F2NO3S/c1-2-22-12-7-9-13(10-8-12)24-11-16(21)20-14-5-3-4-6-15(14)23-17(18)19/h3-10,17H,2,11H2,1H3,(H,20,21). The Morgan fingerprint density at radius 2 is 1.88 bits per heavy atom. The Morgan fingerprint density at radius 1 is 1.17 bits per heavy atom. The lowest BCUT2D eigenvalue weighted by molar-refractivity contribution is -0.113. The Hall–Kier alpha value is -2.28. The van der Waals surface area contributed by atoms with Gasteiger partial charge in [0.05, 0.1) is 18.0 Å². The highest BCUT2D eigenvalue weighted by atomic mass is 32.2. The largest absolute Gasteiger partial charge is 0.494 e. The van der Waals surface area contributed by atoms with Crippen LogP contribution in [-0.4, -0.2) is 24.9 Å². The van der Waals surface area contributed by atoms with Crippen molar-refractivity contribution in [1.29, 1.82) is 0 Å². The third-order valence-electron chi connectivity index (χ3n) is 2.88. The highest BCUT2D eigenvalue weighted by Gasteiger charge is 2.11. The quantitative estimate of drug-likeness (QED) is 0.714. The normalized spacial score (nSPS) is 10.5. The Bertz CT molecular complexity index is 665. The predicted molar refractivity (Wildman–Crippen MR) is 90.0 cm³/mol. The maximum absolute atomic E-state index is 12.3. The summed E-state index contributed by atoms with van der Waals surface area (Å²) in [4.78, 5) is 12.9. The first-order valence-corrected chi connectivity index (χ1v) is 8.26. The number of rotatable bonds is 8. The van der Waals surface area contributed by atoms with E-state index in [1.54, 1.807) is 12.1 Å². The topological polar surface area (TPSA) is 47.6 Å². The number of benzene rings is 2. The molecule has 0 aliphatic heterocycles. The van der Waals surface area contributed by atoms with Crippen molar-refractivity contribution in [2.75, 3.05) is 17.7 Å². The highest BCUT2D eigenvalue weighted by Crippen LogP contribution is 2.26. The van der Waals surface area contributed by atoms with Gasteiger partial charge in [0.2, 0.25) is 5.91 Å². The van der Waals surface area contributed by atoms with Crippen molar-refractivity contribution in [3.8, 4) is 11.5 Å². The van der Waals surface area contributed by atoms with Gasteiger partial charge in [-0.25, -0.2) is 0 Å². The van der Waals surface area contributed by atoms with Crippen LogP contribution in [0.15, 0.2) is 53.4 Å². The first kappa shape index (κ1) is 18.1. The van der Waals surface area contributed by atoms with E-state index < -0.39 is 6.61 Å². The number of hydrogen-bond acceptors (Lipinski definition) is 4.